The van der Waals surface area contributed by atoms with E-state index in [2.05, 4.69) is 30.6 Å². The summed E-state index contributed by atoms with van der Waals surface area (Å²) in [5, 5.41) is 20.9. The topological polar surface area (TPSA) is 98.1 Å². The molecule has 220 valence electrons. The van der Waals surface area contributed by atoms with E-state index in [1.807, 2.05) is 12.4 Å². The van der Waals surface area contributed by atoms with E-state index in [-0.39, 0.29) is 47.9 Å². The van der Waals surface area contributed by atoms with E-state index in [9.17, 15) is 13.6 Å². The maximum absolute atomic E-state index is 14.0. The fourth-order valence-corrected chi connectivity index (χ4v) is 8.97. The van der Waals surface area contributed by atoms with Crippen LogP contribution in [0.1, 0.15) is 61.7 Å². The molecule has 11 heteroatoms. The number of nitrogens with zero attached hydrogens (tertiary/aromatic N) is 6. The van der Waals surface area contributed by atoms with Gasteiger partial charge in [-0.15, -0.1) is 0 Å². The largest absolute Gasteiger partial charge is 0.299 e. The Kier molecular flexibility index (Phi) is 6.55. The van der Waals surface area contributed by atoms with Crippen molar-refractivity contribution in [2.45, 2.75) is 62.9 Å². The lowest BCUT2D eigenvalue weighted by atomic mass is 9.88. The average Bonchev–Trinajstić information content (AvgIpc) is 3.81. The fraction of sp³-hybridized carbons (Fsp3) is 0.581. The number of hydrazone groups is 2. The zero-order valence-electron chi connectivity index (χ0n) is 23.4. The molecule has 0 radical (unpaired) electrons. The van der Waals surface area contributed by atoms with Gasteiger partial charge in [0.05, 0.1) is 24.5 Å². The van der Waals surface area contributed by atoms with Crippen molar-refractivity contribution in [3.05, 3.63) is 59.7 Å². The Morgan fingerprint density at radius 2 is 1.19 bits per heavy atom. The Balaban J connectivity index is 0.928. The second-order valence-electron chi connectivity index (χ2n) is 13.0. The van der Waals surface area contributed by atoms with E-state index in [0.29, 0.717) is 29.5 Å². The Morgan fingerprint density at radius 3 is 1.64 bits per heavy atom. The highest BCUT2D eigenvalue weighted by atomic mass is 19.1. The number of nitrogens with one attached hydrogen (secondary N) is 2. The number of ketones is 1. The van der Waals surface area contributed by atoms with Crippen LogP contribution in [-0.2, 0) is 4.79 Å². The number of hydrogen-bond acceptors (Lipinski definition) is 9. The number of halogens is 2. The maximum Gasteiger partial charge on any atom is 0.141 e. The van der Waals surface area contributed by atoms with Crippen LogP contribution in [0.25, 0.3) is 0 Å². The minimum Gasteiger partial charge on any atom is -0.299 e. The molecule has 10 unspecified atom stereocenters. The fourth-order valence-electron chi connectivity index (χ4n) is 8.97. The van der Waals surface area contributed by atoms with Crippen LogP contribution in [0, 0.1) is 47.1 Å². The SMILES string of the molecule is O=C(C1CC2CNC(N3N=CCC3c3cncc(F)c3)C2C1)C1CC2CNC(N3N=CCC3c3cncc(F)c3)C2C1. The van der Waals surface area contributed by atoms with Gasteiger partial charge in [0.25, 0.3) is 0 Å². The number of pyridine rings is 2. The van der Waals surface area contributed by atoms with Crippen LogP contribution >= 0.6 is 0 Å². The second kappa shape index (κ2) is 10.4. The molecule has 4 aliphatic heterocycles. The molecule has 0 bridgehead atoms. The molecule has 10 atom stereocenters. The molecule has 2 saturated carbocycles. The molecule has 2 aliphatic carbocycles. The van der Waals surface area contributed by atoms with Crippen molar-refractivity contribution in [2.24, 2.45) is 45.7 Å². The Bertz CT molecular complexity index is 1320. The van der Waals surface area contributed by atoms with E-state index in [0.717, 1.165) is 62.7 Å². The van der Waals surface area contributed by atoms with Crippen LogP contribution < -0.4 is 10.6 Å². The molecule has 4 fully saturated rings. The van der Waals surface area contributed by atoms with Gasteiger partial charge in [0.15, 0.2) is 0 Å². The summed E-state index contributed by atoms with van der Waals surface area (Å²) in [6.45, 7) is 1.76. The molecule has 2 N–H and O–H groups in total. The molecule has 42 heavy (non-hydrogen) atoms. The van der Waals surface area contributed by atoms with E-state index in [1.54, 1.807) is 24.5 Å². The van der Waals surface area contributed by atoms with Gasteiger partial charge in [-0.1, -0.05) is 0 Å². The molecule has 0 spiro atoms. The zero-order valence-corrected chi connectivity index (χ0v) is 23.4. The van der Waals surface area contributed by atoms with Crippen LogP contribution in [0.3, 0.4) is 0 Å². The van der Waals surface area contributed by atoms with Crippen molar-refractivity contribution >= 4 is 18.2 Å². The molecule has 0 amide bonds. The number of rotatable bonds is 6. The number of carbonyl (C=O) groups excluding carboxylic acids is 1. The predicted octanol–water partition coefficient (Wildman–Crippen LogP) is 3.63. The first-order valence-corrected chi connectivity index (χ1v) is 15.4. The van der Waals surface area contributed by atoms with Gasteiger partial charge < -0.3 is 0 Å². The van der Waals surface area contributed by atoms with Gasteiger partial charge in [-0.05, 0) is 72.6 Å². The third-order valence-electron chi connectivity index (χ3n) is 10.8. The molecule has 6 heterocycles. The second-order valence-corrected chi connectivity index (χ2v) is 13.0. The monoisotopic (exact) mass is 574 g/mol. The summed E-state index contributed by atoms with van der Waals surface area (Å²) in [6.07, 6.45) is 14.9. The number of hydrogen-bond donors (Lipinski definition) is 2. The molecule has 0 aromatic carbocycles. The zero-order chi connectivity index (χ0) is 28.4. The van der Waals surface area contributed by atoms with E-state index >= 15 is 0 Å². The standard InChI is InChI=1S/C31H36F2N8O/c32-23-7-21(11-34-15-23)27-1-3-38-40(27)30-25-9-17(5-19(25)13-36-30)29(42)18-6-20-14-37-31(26(20)10-18)41-28(2-4-39-41)22-8-24(33)16-35-12-22/h3-4,7-8,11-12,15-20,25-28,30-31,36-37H,1-2,5-6,9-10,13-14H2. The predicted molar refractivity (Wildman–Crippen MR) is 152 cm³/mol. The number of carbonyl (C=O) groups is 1. The lowest BCUT2D eigenvalue weighted by Gasteiger charge is -2.34. The van der Waals surface area contributed by atoms with Crippen LogP contribution in [-0.4, -0.2) is 63.6 Å². The summed E-state index contributed by atoms with van der Waals surface area (Å²) in [4.78, 5) is 22.1. The Morgan fingerprint density at radius 1 is 0.714 bits per heavy atom. The van der Waals surface area contributed by atoms with Crippen LogP contribution in [0.5, 0.6) is 0 Å². The highest BCUT2D eigenvalue weighted by Crippen LogP contribution is 2.50. The Hall–Kier alpha value is -3.31. The lowest BCUT2D eigenvalue weighted by Crippen LogP contribution is -2.43. The number of Topliss-reactive ketones (excluding diaryl/α,β-unsaturated/α-hetero) is 1. The minimum absolute atomic E-state index is 0.0404. The molecule has 9 nitrogen and oxygen atoms in total. The quantitative estimate of drug-likeness (QED) is 0.544. The van der Waals surface area contributed by atoms with Crippen molar-refractivity contribution in [2.75, 3.05) is 13.1 Å². The maximum atomic E-state index is 14.0. The minimum atomic E-state index is -0.333. The highest BCUT2D eigenvalue weighted by Gasteiger charge is 2.53. The summed E-state index contributed by atoms with van der Waals surface area (Å²) in [6, 6.07) is 3.02. The lowest BCUT2D eigenvalue weighted by molar-refractivity contribution is -0.127. The highest BCUT2D eigenvalue weighted by molar-refractivity contribution is 5.84. The van der Waals surface area contributed by atoms with Gasteiger partial charge in [0, 0.05) is 62.6 Å². The molecule has 6 aliphatic rings. The third-order valence-corrected chi connectivity index (χ3v) is 10.8. The van der Waals surface area contributed by atoms with Gasteiger partial charge in [-0.25, -0.2) is 8.78 Å². The molecule has 2 aromatic rings. The molecule has 2 aromatic heterocycles. The van der Waals surface area contributed by atoms with E-state index in [4.69, 9.17) is 10.2 Å². The van der Waals surface area contributed by atoms with Crippen molar-refractivity contribution < 1.29 is 13.6 Å². The number of aromatic nitrogens is 2. The first kappa shape index (κ1) is 26.3. The van der Waals surface area contributed by atoms with Gasteiger partial charge in [0.1, 0.15) is 29.7 Å². The number of fused-ring (bicyclic) bond motifs is 2. The summed E-state index contributed by atoms with van der Waals surface area (Å²) in [5.41, 5.74) is 1.67. The Labute approximate surface area is 243 Å². The van der Waals surface area contributed by atoms with Crippen molar-refractivity contribution in [1.82, 2.24) is 30.6 Å². The van der Waals surface area contributed by atoms with Gasteiger partial charge >= 0.3 is 0 Å². The van der Waals surface area contributed by atoms with Crippen LogP contribution in [0.2, 0.25) is 0 Å². The van der Waals surface area contributed by atoms with E-state index < -0.39 is 0 Å². The summed E-state index contributed by atoms with van der Waals surface area (Å²) >= 11 is 0. The first-order chi connectivity index (χ1) is 20.5. The van der Waals surface area contributed by atoms with E-state index in [1.165, 1.54) is 12.4 Å². The molecule has 2 saturated heterocycles. The molecule has 8 rings (SSSR count). The van der Waals surface area contributed by atoms with Crippen LogP contribution in [0.15, 0.2) is 47.1 Å². The van der Waals surface area contributed by atoms with Gasteiger partial charge in [-0.3, -0.25) is 35.4 Å². The average molecular weight is 575 g/mol. The summed E-state index contributed by atoms with van der Waals surface area (Å²) in [5.74, 6) is 1.50. The molecular weight excluding hydrogens is 538 g/mol. The molecular formula is C31H36F2N8O. The first-order valence-electron chi connectivity index (χ1n) is 15.4. The van der Waals surface area contributed by atoms with Crippen molar-refractivity contribution in [3.63, 3.8) is 0 Å². The normalized spacial score (nSPS) is 38.5. The van der Waals surface area contributed by atoms with Gasteiger partial charge in [-0.2, -0.15) is 10.2 Å². The smallest absolute Gasteiger partial charge is 0.141 e. The van der Waals surface area contributed by atoms with Crippen LogP contribution in [0.4, 0.5) is 8.78 Å². The van der Waals surface area contributed by atoms with Crippen molar-refractivity contribution in [1.29, 1.82) is 0 Å². The van der Waals surface area contributed by atoms with Gasteiger partial charge in [0.2, 0.25) is 0 Å². The third kappa shape index (κ3) is 4.43. The summed E-state index contributed by atoms with van der Waals surface area (Å²) in [7, 11) is 0. The van der Waals surface area contributed by atoms with Crippen molar-refractivity contribution in [3.8, 4) is 0 Å². The summed E-state index contributed by atoms with van der Waals surface area (Å²) < 4.78 is 27.9.